The van der Waals surface area contributed by atoms with Crippen LogP contribution in [0.1, 0.15) is 31.4 Å². The van der Waals surface area contributed by atoms with Crippen LogP contribution in [-0.4, -0.2) is 17.9 Å². The predicted octanol–water partition coefficient (Wildman–Crippen LogP) is 2.26. The number of benzene rings is 1. The smallest absolute Gasteiger partial charge is 0.368 e. The van der Waals surface area contributed by atoms with Crippen molar-refractivity contribution in [2.24, 2.45) is 11.7 Å². The van der Waals surface area contributed by atoms with E-state index in [1.165, 1.54) is 12.1 Å². The van der Waals surface area contributed by atoms with Crippen molar-refractivity contribution in [3.8, 4) is 0 Å². The Balaban J connectivity index is 2.74. The quantitative estimate of drug-likeness (QED) is 0.845. The van der Waals surface area contributed by atoms with E-state index in [1.54, 1.807) is 0 Å². The van der Waals surface area contributed by atoms with Gasteiger partial charge in [0.25, 0.3) is 0 Å². The van der Waals surface area contributed by atoms with Gasteiger partial charge in [-0.05, 0) is 24.0 Å². The first-order chi connectivity index (χ1) is 10.1. The van der Waals surface area contributed by atoms with E-state index >= 15 is 0 Å². The molecule has 3 N–H and O–H groups in total. The Bertz CT molecular complexity index is 542. The van der Waals surface area contributed by atoms with Gasteiger partial charge in [-0.3, -0.25) is 9.59 Å². The fraction of sp³-hybridized carbons (Fsp3) is 0.467. The summed E-state index contributed by atoms with van der Waals surface area (Å²) in [6.07, 6.45) is -4.32. The summed E-state index contributed by atoms with van der Waals surface area (Å²) < 4.78 is 37.8. The topological polar surface area (TPSA) is 72.2 Å². The van der Waals surface area contributed by atoms with Crippen molar-refractivity contribution in [2.75, 3.05) is 0 Å². The largest absolute Gasteiger partial charge is 0.416 e. The lowest BCUT2D eigenvalue weighted by Gasteiger charge is -2.17. The summed E-state index contributed by atoms with van der Waals surface area (Å²) in [4.78, 5) is 23.1. The molecule has 122 valence electrons. The number of carbonyl (C=O) groups excluding carboxylic acids is 2. The fourth-order valence-corrected chi connectivity index (χ4v) is 2.01. The average molecular weight is 316 g/mol. The van der Waals surface area contributed by atoms with Gasteiger partial charge in [-0.25, -0.2) is 0 Å². The van der Waals surface area contributed by atoms with Crippen molar-refractivity contribution in [3.05, 3.63) is 35.4 Å². The Morgan fingerprint density at radius 1 is 1.27 bits per heavy atom. The Kier molecular flexibility index (Phi) is 5.96. The molecule has 0 spiro atoms. The van der Waals surface area contributed by atoms with E-state index in [9.17, 15) is 22.8 Å². The van der Waals surface area contributed by atoms with Crippen LogP contribution in [0.4, 0.5) is 13.2 Å². The molecule has 22 heavy (non-hydrogen) atoms. The van der Waals surface area contributed by atoms with E-state index in [0.29, 0.717) is 6.42 Å². The molecule has 0 fully saturated rings. The monoisotopic (exact) mass is 316 g/mol. The molecule has 0 saturated carbocycles. The molecule has 0 saturated heterocycles. The van der Waals surface area contributed by atoms with Gasteiger partial charge in [0.05, 0.1) is 12.0 Å². The molecular weight excluding hydrogens is 297 g/mol. The summed E-state index contributed by atoms with van der Waals surface area (Å²) in [6, 6.07) is 3.70. The molecule has 0 aliphatic rings. The van der Waals surface area contributed by atoms with Gasteiger partial charge < -0.3 is 11.1 Å². The molecule has 1 aromatic rings. The third-order valence-electron chi connectivity index (χ3n) is 3.00. The van der Waals surface area contributed by atoms with Gasteiger partial charge in [0.15, 0.2) is 0 Å². The molecular formula is C15H19F3N2O2. The van der Waals surface area contributed by atoms with E-state index in [1.807, 2.05) is 13.8 Å². The Hall–Kier alpha value is -2.05. The minimum absolute atomic E-state index is 0.145. The zero-order chi connectivity index (χ0) is 16.9. The standard InChI is InChI=1S/C15H19F3N2O2/c1-9(2)6-12(14(19)22)20-13(21)8-10-4-3-5-11(7-10)15(16,17)18/h3-5,7,9,12H,6,8H2,1-2H3,(H2,19,22)(H,20,21)/t12-/m0/s1. The van der Waals surface area contributed by atoms with Crippen LogP contribution in [0.25, 0.3) is 0 Å². The molecule has 1 aromatic carbocycles. The number of hydrogen-bond acceptors (Lipinski definition) is 2. The SMILES string of the molecule is CC(C)C[C@H](NC(=O)Cc1cccc(C(F)(F)F)c1)C(N)=O. The number of hydrogen-bond donors (Lipinski definition) is 2. The number of halogens is 3. The Morgan fingerprint density at radius 3 is 2.41 bits per heavy atom. The van der Waals surface area contributed by atoms with Crippen LogP contribution in [0.3, 0.4) is 0 Å². The highest BCUT2D eigenvalue weighted by molar-refractivity contribution is 5.87. The van der Waals surface area contributed by atoms with Crippen LogP contribution in [0.5, 0.6) is 0 Å². The first-order valence-corrected chi connectivity index (χ1v) is 6.84. The second-order valence-electron chi connectivity index (χ2n) is 5.53. The molecule has 1 atom stereocenters. The third-order valence-corrected chi connectivity index (χ3v) is 3.00. The van der Waals surface area contributed by atoms with Gasteiger partial charge in [-0.1, -0.05) is 32.0 Å². The maximum absolute atomic E-state index is 12.6. The summed E-state index contributed by atoms with van der Waals surface area (Å²) in [6.45, 7) is 3.74. The number of alkyl halides is 3. The first kappa shape index (κ1) is 18.0. The molecule has 0 aliphatic carbocycles. The van der Waals surface area contributed by atoms with Gasteiger partial charge in [-0.15, -0.1) is 0 Å². The predicted molar refractivity (Wildman–Crippen MR) is 75.7 cm³/mol. The number of nitrogens with one attached hydrogen (secondary N) is 1. The number of amides is 2. The van der Waals surface area contributed by atoms with E-state index in [-0.39, 0.29) is 17.9 Å². The summed E-state index contributed by atoms with van der Waals surface area (Å²) in [5.74, 6) is -1.05. The first-order valence-electron chi connectivity index (χ1n) is 6.84. The highest BCUT2D eigenvalue weighted by Crippen LogP contribution is 2.29. The highest BCUT2D eigenvalue weighted by atomic mass is 19.4. The molecule has 0 aliphatic heterocycles. The van der Waals surface area contributed by atoms with Crippen LogP contribution in [-0.2, 0) is 22.2 Å². The second-order valence-corrected chi connectivity index (χ2v) is 5.53. The molecule has 2 amide bonds. The molecule has 0 aromatic heterocycles. The van der Waals surface area contributed by atoms with Crippen LogP contribution in [0.15, 0.2) is 24.3 Å². The molecule has 0 bridgehead atoms. The molecule has 0 heterocycles. The van der Waals surface area contributed by atoms with Gasteiger partial charge in [-0.2, -0.15) is 13.2 Å². The van der Waals surface area contributed by atoms with Gasteiger partial charge in [0, 0.05) is 0 Å². The lowest BCUT2D eigenvalue weighted by atomic mass is 10.0. The Morgan fingerprint density at radius 2 is 1.91 bits per heavy atom. The number of rotatable bonds is 6. The maximum Gasteiger partial charge on any atom is 0.416 e. The number of primary amides is 1. The van der Waals surface area contributed by atoms with Gasteiger partial charge in [0.2, 0.25) is 11.8 Å². The van der Waals surface area contributed by atoms with Crippen molar-refractivity contribution < 1.29 is 22.8 Å². The zero-order valence-corrected chi connectivity index (χ0v) is 12.4. The second kappa shape index (κ2) is 7.29. The van der Waals surface area contributed by atoms with Crippen LogP contribution in [0, 0.1) is 5.92 Å². The van der Waals surface area contributed by atoms with E-state index in [0.717, 1.165) is 12.1 Å². The maximum atomic E-state index is 12.6. The third kappa shape index (κ3) is 5.75. The van der Waals surface area contributed by atoms with Crippen molar-refractivity contribution in [1.29, 1.82) is 0 Å². The highest BCUT2D eigenvalue weighted by Gasteiger charge is 2.30. The molecule has 0 radical (unpaired) electrons. The number of nitrogens with two attached hydrogens (primary N) is 1. The normalized spacial score (nSPS) is 13.0. The minimum Gasteiger partial charge on any atom is -0.368 e. The van der Waals surface area contributed by atoms with E-state index < -0.39 is 29.6 Å². The Labute approximate surface area is 126 Å². The fourth-order valence-electron chi connectivity index (χ4n) is 2.01. The zero-order valence-electron chi connectivity index (χ0n) is 12.4. The van der Waals surface area contributed by atoms with Crippen molar-refractivity contribution in [1.82, 2.24) is 5.32 Å². The molecule has 1 rings (SSSR count). The minimum atomic E-state index is -4.46. The van der Waals surface area contributed by atoms with E-state index in [4.69, 9.17) is 5.73 Å². The van der Waals surface area contributed by atoms with Crippen molar-refractivity contribution in [3.63, 3.8) is 0 Å². The van der Waals surface area contributed by atoms with E-state index in [2.05, 4.69) is 5.32 Å². The average Bonchev–Trinajstić information content (AvgIpc) is 2.36. The van der Waals surface area contributed by atoms with Crippen LogP contribution >= 0.6 is 0 Å². The summed E-state index contributed by atoms with van der Waals surface area (Å²) in [7, 11) is 0. The summed E-state index contributed by atoms with van der Waals surface area (Å²) >= 11 is 0. The summed E-state index contributed by atoms with van der Waals surface area (Å²) in [5.41, 5.74) is 4.61. The van der Waals surface area contributed by atoms with Crippen molar-refractivity contribution in [2.45, 2.75) is 38.9 Å². The summed E-state index contributed by atoms with van der Waals surface area (Å²) in [5, 5.41) is 2.46. The van der Waals surface area contributed by atoms with Gasteiger partial charge in [0.1, 0.15) is 6.04 Å². The molecule has 4 nitrogen and oxygen atoms in total. The van der Waals surface area contributed by atoms with Crippen LogP contribution < -0.4 is 11.1 Å². The number of carbonyl (C=O) groups is 2. The lowest BCUT2D eigenvalue weighted by Crippen LogP contribution is -2.45. The lowest BCUT2D eigenvalue weighted by molar-refractivity contribution is -0.137. The molecule has 7 heteroatoms. The molecule has 0 unspecified atom stereocenters. The van der Waals surface area contributed by atoms with Crippen molar-refractivity contribution >= 4 is 11.8 Å². The van der Waals surface area contributed by atoms with Gasteiger partial charge >= 0.3 is 6.18 Å². The van der Waals surface area contributed by atoms with Crippen LogP contribution in [0.2, 0.25) is 0 Å².